The van der Waals surface area contributed by atoms with Crippen molar-refractivity contribution in [3.05, 3.63) is 53.6 Å². The molecule has 8 nitrogen and oxygen atoms in total. The molecule has 0 bridgehead atoms. The van der Waals surface area contributed by atoms with E-state index < -0.39 is 5.25 Å². The summed E-state index contributed by atoms with van der Waals surface area (Å²) < 4.78 is 10.6. The maximum Gasteiger partial charge on any atom is 0.238 e. The van der Waals surface area contributed by atoms with Gasteiger partial charge in [0.15, 0.2) is 16.7 Å². The quantitative estimate of drug-likeness (QED) is 0.568. The number of thioether (sulfide) groups is 1. The third-order valence-electron chi connectivity index (χ3n) is 4.55. The minimum absolute atomic E-state index is 0.0778. The molecular formula is C21H20N4O4S. The fraction of sp³-hybridized carbons (Fsp3) is 0.238. The molecule has 2 aliphatic heterocycles. The van der Waals surface area contributed by atoms with Crippen molar-refractivity contribution in [1.29, 1.82) is 0 Å². The van der Waals surface area contributed by atoms with E-state index in [-0.39, 0.29) is 30.2 Å². The topological polar surface area (TPSA) is 101 Å². The number of amidine groups is 1. The molecule has 0 spiro atoms. The average Bonchev–Trinajstić information content (AvgIpc) is 3.22. The van der Waals surface area contributed by atoms with E-state index in [9.17, 15) is 9.59 Å². The maximum absolute atomic E-state index is 12.6. The molecule has 2 N–H and O–H groups in total. The molecule has 4 rings (SSSR count). The highest BCUT2D eigenvalue weighted by Gasteiger charge is 2.30. The van der Waals surface area contributed by atoms with Gasteiger partial charge in [0.25, 0.3) is 0 Å². The molecule has 2 aliphatic rings. The number of hydrogen-bond donors (Lipinski definition) is 2. The largest absolute Gasteiger partial charge is 0.454 e. The number of benzene rings is 2. The molecule has 2 heterocycles. The first-order valence-corrected chi connectivity index (χ1v) is 10.4. The van der Waals surface area contributed by atoms with Crippen molar-refractivity contribution in [3.8, 4) is 11.5 Å². The number of aryl methyl sites for hydroxylation is 1. The van der Waals surface area contributed by atoms with Gasteiger partial charge in [-0.3, -0.25) is 9.59 Å². The second kappa shape index (κ2) is 9.00. The Morgan fingerprint density at radius 1 is 1.23 bits per heavy atom. The Kier molecular flexibility index (Phi) is 5.99. The van der Waals surface area contributed by atoms with E-state index in [2.05, 4.69) is 27.8 Å². The Morgan fingerprint density at radius 3 is 2.83 bits per heavy atom. The van der Waals surface area contributed by atoms with Crippen molar-refractivity contribution in [1.82, 2.24) is 5.32 Å². The van der Waals surface area contributed by atoms with Crippen LogP contribution in [-0.2, 0) is 16.0 Å². The number of carbonyl (C=O) groups is 2. The average molecular weight is 424 g/mol. The minimum atomic E-state index is -0.580. The summed E-state index contributed by atoms with van der Waals surface area (Å²) in [7, 11) is 0. The predicted molar refractivity (Wildman–Crippen MR) is 116 cm³/mol. The molecule has 2 aromatic rings. The molecule has 154 valence electrons. The molecule has 0 radical (unpaired) electrons. The lowest BCUT2D eigenvalue weighted by atomic mass is 10.1. The summed E-state index contributed by atoms with van der Waals surface area (Å²) in [4.78, 5) is 24.6. The van der Waals surface area contributed by atoms with Gasteiger partial charge in [0.05, 0.1) is 6.21 Å². The molecule has 2 aromatic carbocycles. The van der Waals surface area contributed by atoms with Gasteiger partial charge in [0, 0.05) is 12.1 Å². The summed E-state index contributed by atoms with van der Waals surface area (Å²) in [6.45, 7) is 2.27. The number of hydrogen-bond acceptors (Lipinski definition) is 7. The van der Waals surface area contributed by atoms with Gasteiger partial charge in [-0.1, -0.05) is 30.8 Å². The fourth-order valence-electron chi connectivity index (χ4n) is 2.93. The highest BCUT2D eigenvalue weighted by molar-refractivity contribution is 8.15. The van der Waals surface area contributed by atoms with Crippen LogP contribution >= 0.6 is 11.8 Å². The van der Waals surface area contributed by atoms with Gasteiger partial charge in [-0.15, -0.1) is 5.10 Å². The van der Waals surface area contributed by atoms with E-state index in [4.69, 9.17) is 9.47 Å². The molecule has 0 aliphatic carbocycles. The van der Waals surface area contributed by atoms with Crippen LogP contribution in [0.15, 0.2) is 52.7 Å². The summed E-state index contributed by atoms with van der Waals surface area (Å²) in [5, 5.41) is 13.3. The lowest BCUT2D eigenvalue weighted by molar-refractivity contribution is -0.123. The predicted octanol–water partition coefficient (Wildman–Crippen LogP) is 2.93. The van der Waals surface area contributed by atoms with Gasteiger partial charge in [-0.25, -0.2) is 0 Å². The molecule has 9 heteroatoms. The Labute approximate surface area is 177 Å². The number of ether oxygens (including phenoxy) is 2. The number of amides is 2. The number of nitrogens with zero attached hydrogens (tertiary/aromatic N) is 2. The summed E-state index contributed by atoms with van der Waals surface area (Å²) in [5.74, 6) is 0.821. The zero-order chi connectivity index (χ0) is 20.9. The first-order valence-electron chi connectivity index (χ1n) is 9.47. The lowest BCUT2D eigenvalue weighted by Crippen LogP contribution is -2.41. The smallest absolute Gasteiger partial charge is 0.238 e. The molecule has 1 atom stereocenters. The van der Waals surface area contributed by atoms with Crippen LogP contribution in [0.5, 0.6) is 11.5 Å². The zero-order valence-electron chi connectivity index (χ0n) is 16.3. The Bertz CT molecular complexity index is 1020. The molecule has 1 fully saturated rings. The molecule has 0 saturated carbocycles. The lowest BCUT2D eigenvalue weighted by Gasteiger charge is -2.21. The van der Waals surface area contributed by atoms with E-state index in [1.165, 1.54) is 17.3 Å². The standard InChI is InChI=1S/C21H20N4O4S/c1-2-13-3-6-15(7-4-13)23-20(27)18-10-19(26)24-21(30-18)25-22-11-14-5-8-16-17(9-14)29-12-28-16/h3-9,11,18H,2,10,12H2,1H3,(H,23,27)(H,24,25,26)/b22-11-/t18-/m1/s1. The van der Waals surface area contributed by atoms with E-state index in [0.717, 1.165) is 12.0 Å². The highest BCUT2D eigenvalue weighted by Crippen LogP contribution is 2.32. The van der Waals surface area contributed by atoms with E-state index >= 15 is 0 Å². The SMILES string of the molecule is CCc1ccc(NC(=O)[C@H]2CC(=O)N/C(=N\N=C/c3ccc4c(c3)OCO4)S2)cc1. The van der Waals surface area contributed by atoms with Crippen LogP contribution in [0.4, 0.5) is 5.69 Å². The van der Waals surface area contributed by atoms with Crippen molar-refractivity contribution in [2.45, 2.75) is 25.0 Å². The Balaban J connectivity index is 1.39. The van der Waals surface area contributed by atoms with Crippen molar-refractivity contribution in [2.75, 3.05) is 12.1 Å². The second-order valence-electron chi connectivity index (χ2n) is 6.66. The molecular weight excluding hydrogens is 404 g/mol. The molecule has 1 saturated heterocycles. The van der Waals surface area contributed by atoms with Gasteiger partial charge in [0.2, 0.25) is 18.6 Å². The number of anilines is 1. The highest BCUT2D eigenvalue weighted by atomic mass is 32.2. The van der Waals surface area contributed by atoms with Crippen molar-refractivity contribution in [3.63, 3.8) is 0 Å². The van der Waals surface area contributed by atoms with Gasteiger partial charge >= 0.3 is 0 Å². The van der Waals surface area contributed by atoms with Gasteiger partial charge in [-0.05, 0) is 47.9 Å². The summed E-state index contributed by atoms with van der Waals surface area (Å²) >= 11 is 1.17. The number of fused-ring (bicyclic) bond motifs is 1. The van der Waals surface area contributed by atoms with Crippen LogP contribution < -0.4 is 20.1 Å². The van der Waals surface area contributed by atoms with Crippen LogP contribution in [0.2, 0.25) is 0 Å². The number of nitrogens with one attached hydrogen (secondary N) is 2. The van der Waals surface area contributed by atoms with E-state index in [1.54, 1.807) is 18.3 Å². The van der Waals surface area contributed by atoms with Gasteiger partial charge in [-0.2, -0.15) is 5.10 Å². The summed E-state index contributed by atoms with van der Waals surface area (Å²) in [6, 6.07) is 13.1. The summed E-state index contributed by atoms with van der Waals surface area (Å²) in [5.41, 5.74) is 2.66. The van der Waals surface area contributed by atoms with Crippen LogP contribution in [0.3, 0.4) is 0 Å². The van der Waals surface area contributed by atoms with Crippen molar-refractivity contribution < 1.29 is 19.1 Å². The number of rotatable bonds is 5. The van der Waals surface area contributed by atoms with E-state index in [1.807, 2.05) is 30.3 Å². The van der Waals surface area contributed by atoms with Crippen LogP contribution in [-0.4, -0.2) is 35.2 Å². The molecule has 30 heavy (non-hydrogen) atoms. The van der Waals surface area contributed by atoms with Crippen molar-refractivity contribution in [2.24, 2.45) is 10.2 Å². The van der Waals surface area contributed by atoms with Gasteiger partial charge in [0.1, 0.15) is 5.25 Å². The second-order valence-corrected chi connectivity index (χ2v) is 7.85. The van der Waals surface area contributed by atoms with Crippen LogP contribution in [0.1, 0.15) is 24.5 Å². The molecule has 0 aromatic heterocycles. The first-order chi connectivity index (χ1) is 14.6. The van der Waals surface area contributed by atoms with Crippen LogP contribution in [0.25, 0.3) is 0 Å². The van der Waals surface area contributed by atoms with Crippen molar-refractivity contribution >= 4 is 40.6 Å². The minimum Gasteiger partial charge on any atom is -0.454 e. The number of carbonyl (C=O) groups excluding carboxylic acids is 2. The normalized spacial score (nSPS) is 19.2. The first kappa shape index (κ1) is 20.0. The Morgan fingerprint density at radius 2 is 2.03 bits per heavy atom. The third-order valence-corrected chi connectivity index (χ3v) is 5.62. The fourth-order valence-corrected chi connectivity index (χ4v) is 3.86. The summed E-state index contributed by atoms with van der Waals surface area (Å²) in [6.07, 6.45) is 2.55. The maximum atomic E-state index is 12.6. The van der Waals surface area contributed by atoms with Crippen LogP contribution in [0, 0.1) is 0 Å². The van der Waals surface area contributed by atoms with Gasteiger partial charge < -0.3 is 20.1 Å². The van der Waals surface area contributed by atoms with E-state index in [0.29, 0.717) is 17.2 Å². The third kappa shape index (κ3) is 4.80. The zero-order valence-corrected chi connectivity index (χ0v) is 17.1. The monoisotopic (exact) mass is 424 g/mol. The molecule has 2 amide bonds. The Hall–Kier alpha value is -3.33. The molecule has 0 unspecified atom stereocenters.